The van der Waals surface area contributed by atoms with Crippen molar-refractivity contribution >= 4 is 0 Å². The number of piperazine rings is 1. The van der Waals surface area contributed by atoms with Crippen LogP contribution in [0.5, 0.6) is 0 Å². The molecule has 0 unspecified atom stereocenters. The van der Waals surface area contributed by atoms with Crippen LogP contribution in [0.25, 0.3) is 0 Å². The molecule has 0 aromatic carbocycles. The highest BCUT2D eigenvalue weighted by Crippen LogP contribution is 2.60. The molecule has 17 heavy (non-hydrogen) atoms. The summed E-state index contributed by atoms with van der Waals surface area (Å²) < 4.78 is 0. The predicted molar refractivity (Wildman–Crippen MR) is 68.9 cm³/mol. The molecule has 4 saturated carbocycles. The Morgan fingerprint density at radius 3 is 1.94 bits per heavy atom. The Hall–Kier alpha value is -0.0800. The average Bonchev–Trinajstić information content (AvgIpc) is 2.27. The van der Waals surface area contributed by atoms with Gasteiger partial charge in [0, 0.05) is 32.7 Å². The summed E-state index contributed by atoms with van der Waals surface area (Å²) in [7, 11) is 0. The average molecular weight is 233 g/mol. The molecule has 0 spiro atoms. The topological polar surface area (TPSA) is 17.3 Å². The molecule has 0 aromatic rings. The van der Waals surface area contributed by atoms with Gasteiger partial charge in [-0.2, -0.15) is 0 Å². The Morgan fingerprint density at radius 2 is 1.41 bits per heavy atom. The van der Waals surface area contributed by atoms with Gasteiger partial charge in [-0.1, -0.05) is 0 Å². The maximum absolute atomic E-state index is 4.48. The number of rotatable bonds is 2. The third-order valence-corrected chi connectivity index (χ3v) is 5.87. The normalized spacial score (nSPS) is 49.8. The molecule has 1 aliphatic heterocycles. The van der Waals surface area contributed by atoms with Crippen LogP contribution < -0.4 is 5.32 Å². The SMILES string of the molecule is C1CN(CC23CC4CC(CC(C4)C2)C3)CC[N]1. The molecule has 1 heterocycles. The smallest absolute Gasteiger partial charge is 0.0261 e. The molecular formula is C15H25N2. The lowest BCUT2D eigenvalue weighted by molar-refractivity contribution is -0.0702. The summed E-state index contributed by atoms with van der Waals surface area (Å²) in [5.74, 6) is 3.32. The summed E-state index contributed by atoms with van der Waals surface area (Å²) in [6.07, 6.45) is 9.42. The van der Waals surface area contributed by atoms with E-state index in [1.807, 2.05) is 0 Å². The minimum absolute atomic E-state index is 0.742. The van der Waals surface area contributed by atoms with Crippen molar-refractivity contribution in [1.29, 1.82) is 0 Å². The van der Waals surface area contributed by atoms with E-state index in [0.29, 0.717) is 0 Å². The summed E-state index contributed by atoms with van der Waals surface area (Å²) >= 11 is 0. The first-order valence-corrected chi connectivity index (χ1v) is 7.67. The van der Waals surface area contributed by atoms with Gasteiger partial charge in [0.15, 0.2) is 0 Å². The summed E-state index contributed by atoms with van der Waals surface area (Å²) in [5.41, 5.74) is 0.742. The van der Waals surface area contributed by atoms with Crippen LogP contribution in [0.3, 0.4) is 0 Å². The van der Waals surface area contributed by atoms with E-state index in [4.69, 9.17) is 0 Å². The van der Waals surface area contributed by atoms with Crippen molar-refractivity contribution in [1.82, 2.24) is 10.2 Å². The molecule has 0 N–H and O–H groups in total. The van der Waals surface area contributed by atoms with Gasteiger partial charge in [-0.05, 0) is 61.7 Å². The second kappa shape index (κ2) is 3.96. The maximum atomic E-state index is 4.48. The van der Waals surface area contributed by atoms with Gasteiger partial charge < -0.3 is 4.90 Å². The lowest BCUT2D eigenvalue weighted by atomic mass is 9.49. The molecule has 1 saturated heterocycles. The minimum atomic E-state index is 0.742. The van der Waals surface area contributed by atoms with Crippen molar-refractivity contribution in [3.8, 4) is 0 Å². The summed E-state index contributed by atoms with van der Waals surface area (Å²) in [6.45, 7) is 6.06. The van der Waals surface area contributed by atoms with Crippen molar-refractivity contribution in [2.75, 3.05) is 32.7 Å². The van der Waals surface area contributed by atoms with E-state index in [0.717, 1.165) is 36.3 Å². The molecule has 4 bridgehead atoms. The van der Waals surface area contributed by atoms with Crippen molar-refractivity contribution in [3.05, 3.63) is 0 Å². The van der Waals surface area contributed by atoms with Crippen LogP contribution in [0.1, 0.15) is 38.5 Å². The van der Waals surface area contributed by atoms with Crippen LogP contribution >= 0.6 is 0 Å². The van der Waals surface area contributed by atoms with Crippen molar-refractivity contribution < 1.29 is 0 Å². The van der Waals surface area contributed by atoms with Crippen LogP contribution in [0.2, 0.25) is 0 Å². The van der Waals surface area contributed by atoms with Gasteiger partial charge >= 0.3 is 0 Å². The first-order chi connectivity index (χ1) is 8.31. The fourth-order valence-corrected chi connectivity index (χ4v) is 5.76. The van der Waals surface area contributed by atoms with Crippen molar-refractivity contribution in [3.63, 3.8) is 0 Å². The van der Waals surface area contributed by atoms with E-state index in [1.54, 1.807) is 38.5 Å². The third kappa shape index (κ3) is 1.94. The van der Waals surface area contributed by atoms with E-state index in [-0.39, 0.29) is 0 Å². The molecule has 1 radical (unpaired) electrons. The fraction of sp³-hybridized carbons (Fsp3) is 1.00. The first kappa shape index (κ1) is 10.8. The molecule has 0 aromatic heterocycles. The highest BCUT2D eigenvalue weighted by molar-refractivity contribution is 5.02. The lowest BCUT2D eigenvalue weighted by Crippen LogP contribution is -2.53. The molecule has 0 amide bonds. The van der Waals surface area contributed by atoms with Gasteiger partial charge in [-0.15, -0.1) is 0 Å². The van der Waals surface area contributed by atoms with Crippen LogP contribution in [0.15, 0.2) is 0 Å². The van der Waals surface area contributed by atoms with Crippen molar-refractivity contribution in [2.45, 2.75) is 38.5 Å². The maximum Gasteiger partial charge on any atom is 0.0261 e. The molecule has 5 fully saturated rings. The molecule has 5 rings (SSSR count). The van der Waals surface area contributed by atoms with Crippen LogP contribution in [0, 0.1) is 23.2 Å². The van der Waals surface area contributed by atoms with E-state index in [2.05, 4.69) is 10.2 Å². The number of hydrogen-bond donors (Lipinski definition) is 0. The van der Waals surface area contributed by atoms with Gasteiger partial charge in [0.1, 0.15) is 0 Å². The number of nitrogens with zero attached hydrogens (tertiary/aromatic N) is 2. The van der Waals surface area contributed by atoms with Crippen LogP contribution in [-0.4, -0.2) is 37.6 Å². The van der Waals surface area contributed by atoms with E-state index in [9.17, 15) is 0 Å². The van der Waals surface area contributed by atoms with Gasteiger partial charge in [-0.25, -0.2) is 5.32 Å². The summed E-state index contributed by atoms with van der Waals surface area (Å²) in [4.78, 5) is 2.72. The second-order valence-electron chi connectivity index (χ2n) is 7.36. The van der Waals surface area contributed by atoms with Gasteiger partial charge in [0.2, 0.25) is 0 Å². The summed E-state index contributed by atoms with van der Waals surface area (Å²) in [6, 6.07) is 0. The minimum Gasteiger partial charge on any atom is -0.300 e. The predicted octanol–water partition coefficient (Wildman–Crippen LogP) is 2.12. The zero-order valence-corrected chi connectivity index (χ0v) is 10.9. The highest BCUT2D eigenvalue weighted by Gasteiger charge is 2.51. The van der Waals surface area contributed by atoms with Gasteiger partial charge in [0.05, 0.1) is 0 Å². The van der Waals surface area contributed by atoms with Gasteiger partial charge in [0.25, 0.3) is 0 Å². The third-order valence-electron chi connectivity index (χ3n) is 5.87. The Balaban J connectivity index is 1.48. The second-order valence-corrected chi connectivity index (χ2v) is 7.36. The first-order valence-electron chi connectivity index (χ1n) is 7.67. The van der Waals surface area contributed by atoms with Crippen LogP contribution in [0.4, 0.5) is 0 Å². The standard InChI is InChI=1S/C15H25N2/c1-3-17(4-2-16-1)11-15-8-12-5-13(9-15)7-14(6-12)10-15/h12-14H,1-11H2. The molecule has 2 nitrogen and oxygen atoms in total. The molecule has 4 aliphatic carbocycles. The quantitative estimate of drug-likeness (QED) is 0.714. The zero-order valence-electron chi connectivity index (χ0n) is 10.9. The monoisotopic (exact) mass is 233 g/mol. The van der Waals surface area contributed by atoms with E-state index < -0.39 is 0 Å². The van der Waals surface area contributed by atoms with Crippen molar-refractivity contribution in [2.24, 2.45) is 23.2 Å². The molecule has 5 aliphatic rings. The van der Waals surface area contributed by atoms with Gasteiger partial charge in [-0.3, -0.25) is 0 Å². The van der Waals surface area contributed by atoms with E-state index in [1.165, 1.54) is 19.6 Å². The fourth-order valence-electron chi connectivity index (χ4n) is 5.76. The lowest BCUT2D eigenvalue weighted by Gasteiger charge is -2.58. The molecule has 2 heteroatoms. The highest BCUT2D eigenvalue weighted by atomic mass is 15.2. The Kier molecular flexibility index (Phi) is 2.52. The van der Waals surface area contributed by atoms with E-state index >= 15 is 0 Å². The Labute approximate surface area is 105 Å². The molecular weight excluding hydrogens is 208 g/mol. The Bertz CT molecular complexity index is 258. The zero-order chi connectivity index (χ0) is 11.3. The Morgan fingerprint density at radius 1 is 0.882 bits per heavy atom. The molecule has 0 atom stereocenters. The largest absolute Gasteiger partial charge is 0.300 e. The number of hydrogen-bond acceptors (Lipinski definition) is 1. The summed E-state index contributed by atoms with van der Waals surface area (Å²) in [5, 5.41) is 4.48. The molecule has 95 valence electrons. The van der Waals surface area contributed by atoms with Crippen LogP contribution in [-0.2, 0) is 0 Å².